The summed E-state index contributed by atoms with van der Waals surface area (Å²) in [6.07, 6.45) is 4.97. The highest BCUT2D eigenvalue weighted by atomic mass is 32.2. The van der Waals surface area contributed by atoms with E-state index in [0.29, 0.717) is 11.4 Å². The van der Waals surface area contributed by atoms with Crippen LogP contribution in [0.25, 0.3) is 0 Å². The van der Waals surface area contributed by atoms with Gasteiger partial charge in [0.1, 0.15) is 0 Å². The third-order valence-electron chi connectivity index (χ3n) is 6.15. The molecule has 1 unspecified atom stereocenters. The van der Waals surface area contributed by atoms with Crippen LogP contribution in [0.3, 0.4) is 0 Å². The van der Waals surface area contributed by atoms with Gasteiger partial charge in [0.15, 0.2) is 0 Å². The quantitative estimate of drug-likeness (QED) is 0.622. The van der Waals surface area contributed by atoms with Crippen LogP contribution in [0.2, 0.25) is 0 Å². The van der Waals surface area contributed by atoms with Crippen LogP contribution in [0.15, 0.2) is 65.6 Å². The van der Waals surface area contributed by atoms with Crippen LogP contribution < -0.4 is 9.62 Å². The Bertz CT molecular complexity index is 1120. The molecule has 4 atom stereocenters. The number of nitrogens with one attached hydrogen (secondary N) is 1. The Morgan fingerprint density at radius 2 is 1.55 bits per heavy atom. The molecule has 2 fully saturated rings. The summed E-state index contributed by atoms with van der Waals surface area (Å²) in [7, 11) is -3.77. The fraction of sp³-hybridized carbons (Fsp3) is 0.273. The van der Waals surface area contributed by atoms with E-state index in [0.717, 1.165) is 12.0 Å². The van der Waals surface area contributed by atoms with E-state index in [1.165, 1.54) is 29.2 Å². The second-order valence-electron chi connectivity index (χ2n) is 7.98. The molecule has 7 heteroatoms. The van der Waals surface area contributed by atoms with Crippen LogP contribution >= 0.6 is 0 Å². The van der Waals surface area contributed by atoms with Gasteiger partial charge >= 0.3 is 0 Å². The van der Waals surface area contributed by atoms with E-state index >= 15 is 0 Å². The zero-order valence-electron chi connectivity index (χ0n) is 15.8. The molecule has 3 aliphatic rings. The van der Waals surface area contributed by atoms with Crippen molar-refractivity contribution < 1.29 is 18.0 Å². The van der Waals surface area contributed by atoms with Gasteiger partial charge in [-0.25, -0.2) is 8.42 Å². The number of hydrogen-bond donors (Lipinski definition) is 1. The zero-order valence-corrected chi connectivity index (χ0v) is 16.6. The second-order valence-corrected chi connectivity index (χ2v) is 9.66. The smallest absolute Gasteiger partial charge is 0.261 e. The molecule has 29 heavy (non-hydrogen) atoms. The predicted octanol–water partition coefficient (Wildman–Crippen LogP) is 3.11. The lowest BCUT2D eigenvalue weighted by molar-refractivity contribution is -0.123. The molecule has 1 heterocycles. The summed E-state index contributed by atoms with van der Waals surface area (Å²) >= 11 is 0. The molecule has 1 N–H and O–H groups in total. The highest BCUT2D eigenvalue weighted by molar-refractivity contribution is 7.92. The first-order valence-electron chi connectivity index (χ1n) is 9.61. The predicted molar refractivity (Wildman–Crippen MR) is 109 cm³/mol. The summed E-state index contributed by atoms with van der Waals surface area (Å²) in [5.41, 5.74) is 1.85. The average Bonchev–Trinajstić information content (AvgIpc) is 3.35. The summed E-state index contributed by atoms with van der Waals surface area (Å²) in [4.78, 5) is 27.1. The Morgan fingerprint density at radius 1 is 0.931 bits per heavy atom. The van der Waals surface area contributed by atoms with Crippen molar-refractivity contribution in [3.63, 3.8) is 0 Å². The van der Waals surface area contributed by atoms with Gasteiger partial charge in [-0.1, -0.05) is 24.3 Å². The van der Waals surface area contributed by atoms with Crippen LogP contribution in [-0.4, -0.2) is 20.2 Å². The fourth-order valence-electron chi connectivity index (χ4n) is 4.85. The number of anilines is 2. The summed E-state index contributed by atoms with van der Waals surface area (Å²) < 4.78 is 27.9. The number of imide groups is 1. The minimum Gasteiger partial charge on any atom is -0.280 e. The molecule has 0 aromatic heterocycles. The van der Waals surface area contributed by atoms with E-state index in [9.17, 15) is 18.0 Å². The van der Waals surface area contributed by atoms with Crippen molar-refractivity contribution in [1.29, 1.82) is 0 Å². The lowest BCUT2D eigenvalue weighted by Gasteiger charge is -2.17. The highest BCUT2D eigenvalue weighted by Crippen LogP contribution is 2.53. The van der Waals surface area contributed by atoms with Crippen molar-refractivity contribution in [2.45, 2.75) is 18.2 Å². The number of carbonyl (C=O) groups excluding carboxylic acids is 2. The molecule has 2 bridgehead atoms. The summed E-state index contributed by atoms with van der Waals surface area (Å²) in [6, 6.07) is 13.0. The van der Waals surface area contributed by atoms with Crippen LogP contribution in [0, 0.1) is 30.6 Å². The average molecular weight is 408 g/mol. The first-order chi connectivity index (χ1) is 13.8. The molecule has 5 rings (SSSR count). The van der Waals surface area contributed by atoms with Crippen molar-refractivity contribution in [2.24, 2.45) is 23.7 Å². The summed E-state index contributed by atoms with van der Waals surface area (Å²) in [5, 5.41) is 0. The number of amides is 2. The Hall–Kier alpha value is -2.93. The van der Waals surface area contributed by atoms with E-state index in [1.54, 1.807) is 18.2 Å². The lowest BCUT2D eigenvalue weighted by Crippen LogP contribution is -2.32. The number of hydrogen-bond acceptors (Lipinski definition) is 4. The van der Waals surface area contributed by atoms with Crippen molar-refractivity contribution in [3.05, 3.63) is 66.2 Å². The van der Waals surface area contributed by atoms with Gasteiger partial charge < -0.3 is 0 Å². The monoisotopic (exact) mass is 408 g/mol. The van der Waals surface area contributed by atoms with E-state index < -0.39 is 10.0 Å². The molecule has 2 aliphatic carbocycles. The third kappa shape index (κ3) is 2.80. The minimum atomic E-state index is -3.77. The number of rotatable bonds is 4. The SMILES string of the molecule is Cc1cccc(NS(=O)(=O)c2ccc(N3C(=O)[C@@H]4[C@H]5C=CC(C5)[C@@H]4C3=O)cc2)c1. The van der Waals surface area contributed by atoms with E-state index in [1.807, 2.05) is 25.1 Å². The van der Waals surface area contributed by atoms with E-state index in [2.05, 4.69) is 4.72 Å². The molecule has 1 saturated heterocycles. The topological polar surface area (TPSA) is 83.6 Å². The van der Waals surface area contributed by atoms with Crippen molar-refractivity contribution in [1.82, 2.24) is 0 Å². The fourth-order valence-corrected chi connectivity index (χ4v) is 5.90. The maximum Gasteiger partial charge on any atom is 0.261 e. The molecule has 6 nitrogen and oxygen atoms in total. The molecular formula is C22H20N2O4S. The molecule has 0 spiro atoms. The molecule has 1 saturated carbocycles. The summed E-state index contributed by atoms with van der Waals surface area (Å²) in [5.74, 6) is -0.613. The Morgan fingerprint density at radius 3 is 2.14 bits per heavy atom. The van der Waals surface area contributed by atoms with Gasteiger partial charge in [0.2, 0.25) is 11.8 Å². The molecular weight excluding hydrogens is 388 g/mol. The van der Waals surface area contributed by atoms with Crippen molar-refractivity contribution >= 4 is 33.2 Å². The van der Waals surface area contributed by atoms with E-state index in [4.69, 9.17) is 0 Å². The van der Waals surface area contributed by atoms with Crippen LogP contribution in [0.1, 0.15) is 12.0 Å². The van der Waals surface area contributed by atoms with Crippen LogP contribution in [0.4, 0.5) is 11.4 Å². The van der Waals surface area contributed by atoms with Gasteiger partial charge in [-0.2, -0.15) is 0 Å². The van der Waals surface area contributed by atoms with Gasteiger partial charge in [0.05, 0.1) is 22.4 Å². The lowest BCUT2D eigenvalue weighted by atomic mass is 9.85. The first-order valence-corrected chi connectivity index (χ1v) is 11.1. The number of fused-ring (bicyclic) bond motifs is 5. The van der Waals surface area contributed by atoms with Crippen molar-refractivity contribution in [2.75, 3.05) is 9.62 Å². The molecule has 1 aliphatic heterocycles. The van der Waals surface area contributed by atoms with Gasteiger partial charge in [0.25, 0.3) is 10.0 Å². The zero-order chi connectivity index (χ0) is 20.3. The summed E-state index contributed by atoms with van der Waals surface area (Å²) in [6.45, 7) is 1.88. The molecule has 2 aromatic rings. The maximum atomic E-state index is 12.9. The van der Waals surface area contributed by atoms with Gasteiger partial charge in [-0.05, 0) is 67.1 Å². The number of benzene rings is 2. The second kappa shape index (κ2) is 6.29. The number of sulfonamides is 1. The Kier molecular flexibility index (Phi) is 3.93. The van der Waals surface area contributed by atoms with Crippen LogP contribution in [0.5, 0.6) is 0 Å². The number of nitrogens with zero attached hydrogens (tertiary/aromatic N) is 1. The van der Waals surface area contributed by atoms with Crippen molar-refractivity contribution in [3.8, 4) is 0 Å². The Balaban J connectivity index is 1.39. The standard InChI is InChI=1S/C22H20N2O4S/c1-13-3-2-4-16(11-13)23-29(27,28)18-9-7-17(8-10-18)24-21(25)19-14-5-6-15(12-14)20(19)22(24)26/h2-11,14-15,19-20,23H,12H2,1H3/t14-,15?,19+,20-/m0/s1. The maximum absolute atomic E-state index is 12.9. The third-order valence-corrected chi connectivity index (χ3v) is 7.54. The van der Waals surface area contributed by atoms with Gasteiger partial charge in [0, 0.05) is 5.69 Å². The Labute approximate surface area is 169 Å². The van der Waals surface area contributed by atoms with Gasteiger partial charge in [-0.3, -0.25) is 19.2 Å². The first kappa shape index (κ1) is 18.1. The highest BCUT2D eigenvalue weighted by Gasteiger charge is 2.59. The molecule has 0 radical (unpaired) electrons. The number of carbonyl (C=O) groups is 2. The molecule has 148 valence electrons. The molecule has 2 aromatic carbocycles. The van der Waals surface area contributed by atoms with E-state index in [-0.39, 0.29) is 40.4 Å². The molecule has 2 amide bonds. The minimum absolute atomic E-state index is 0.0729. The number of aryl methyl sites for hydroxylation is 1. The largest absolute Gasteiger partial charge is 0.280 e. The normalized spacial score (nSPS) is 27.6. The number of allylic oxidation sites excluding steroid dienone is 2. The van der Waals surface area contributed by atoms with Gasteiger partial charge in [-0.15, -0.1) is 0 Å². The van der Waals surface area contributed by atoms with Crippen LogP contribution in [-0.2, 0) is 19.6 Å².